The zero-order valence-electron chi connectivity index (χ0n) is 11.0. The Hall–Kier alpha value is -1.19. The molecule has 1 rings (SSSR count). The van der Waals surface area contributed by atoms with E-state index in [1.807, 2.05) is 0 Å². The summed E-state index contributed by atoms with van der Waals surface area (Å²) in [5.74, 6) is -1.39. The molecule has 112 valence electrons. The minimum Gasteiger partial charge on any atom is -0.396 e. The minimum atomic E-state index is -3.38. The number of carbonyl (C=O) groups is 1. The quantitative estimate of drug-likeness (QED) is 0.752. The number of rotatable bonds is 5. The van der Waals surface area contributed by atoms with Gasteiger partial charge in [-0.2, -0.15) is 0 Å². The van der Waals surface area contributed by atoms with Gasteiger partial charge < -0.3 is 11.1 Å². The topological polar surface area (TPSA) is 92.5 Å². The predicted molar refractivity (Wildman–Crippen MR) is 78.3 cm³/mol. The summed E-state index contributed by atoms with van der Waals surface area (Å²) in [5, 5.41) is 2.44. The van der Waals surface area contributed by atoms with Crippen LogP contribution in [0.5, 0.6) is 0 Å². The first kappa shape index (κ1) is 16.9. The lowest BCUT2D eigenvalue weighted by atomic mass is 10.2. The number of sulfonamides is 1. The third-order valence-electron chi connectivity index (χ3n) is 2.53. The molecule has 1 aromatic rings. The molecule has 0 radical (unpaired) electrons. The maximum Gasteiger partial charge on any atom is 0.252 e. The lowest BCUT2D eigenvalue weighted by Crippen LogP contribution is -2.34. The van der Waals surface area contributed by atoms with E-state index in [1.54, 1.807) is 0 Å². The van der Waals surface area contributed by atoms with Crippen LogP contribution in [-0.4, -0.2) is 45.0 Å². The Balaban J connectivity index is 2.72. The zero-order valence-corrected chi connectivity index (χ0v) is 13.4. The number of amides is 1. The van der Waals surface area contributed by atoms with Crippen molar-refractivity contribution in [2.45, 2.75) is 0 Å². The van der Waals surface area contributed by atoms with Crippen LogP contribution in [0.1, 0.15) is 10.4 Å². The Morgan fingerprint density at radius 1 is 1.45 bits per heavy atom. The number of carbonyl (C=O) groups excluding carboxylic acids is 1. The normalized spacial score (nSPS) is 11.7. The standard InChI is InChI=1S/C11H15BrFN3O3S/c1-16(2)20(18,19)4-3-15-11(17)7-5-10(14)9(13)6-8(7)12/h5-6H,3-4,14H2,1-2H3,(H,15,17). The fraction of sp³-hybridized carbons (Fsp3) is 0.364. The minimum absolute atomic E-state index is 0.0525. The van der Waals surface area contributed by atoms with Crippen molar-refractivity contribution in [3.63, 3.8) is 0 Å². The molecule has 9 heteroatoms. The van der Waals surface area contributed by atoms with Crippen molar-refractivity contribution < 1.29 is 17.6 Å². The van der Waals surface area contributed by atoms with Crippen LogP contribution in [0.4, 0.5) is 10.1 Å². The van der Waals surface area contributed by atoms with Crippen molar-refractivity contribution in [2.75, 3.05) is 32.1 Å². The molecule has 20 heavy (non-hydrogen) atoms. The van der Waals surface area contributed by atoms with E-state index in [9.17, 15) is 17.6 Å². The summed E-state index contributed by atoms with van der Waals surface area (Å²) in [6, 6.07) is 2.27. The molecule has 3 N–H and O–H groups in total. The number of nitrogen functional groups attached to an aromatic ring is 1. The molecule has 0 heterocycles. The molecule has 0 bridgehead atoms. The van der Waals surface area contributed by atoms with Crippen molar-refractivity contribution in [2.24, 2.45) is 0 Å². The number of nitrogens with one attached hydrogen (secondary N) is 1. The van der Waals surface area contributed by atoms with Crippen LogP contribution in [0.2, 0.25) is 0 Å². The Bertz CT molecular complexity index is 620. The third kappa shape index (κ3) is 4.15. The van der Waals surface area contributed by atoms with Gasteiger partial charge in [0.15, 0.2) is 0 Å². The summed E-state index contributed by atoms with van der Waals surface area (Å²) in [7, 11) is -0.557. The van der Waals surface area contributed by atoms with Gasteiger partial charge in [0, 0.05) is 25.1 Å². The molecule has 6 nitrogen and oxygen atoms in total. The molecular formula is C11H15BrFN3O3S. The first-order chi connectivity index (χ1) is 9.15. The number of halogens is 2. The van der Waals surface area contributed by atoms with Crippen molar-refractivity contribution in [1.82, 2.24) is 9.62 Å². The summed E-state index contributed by atoms with van der Waals surface area (Å²) >= 11 is 3.05. The average Bonchev–Trinajstić information content (AvgIpc) is 2.33. The van der Waals surface area contributed by atoms with Gasteiger partial charge in [-0.05, 0) is 28.1 Å². The number of nitrogens with two attached hydrogens (primary N) is 1. The molecule has 1 amide bonds. The van der Waals surface area contributed by atoms with Crippen LogP contribution in [0.15, 0.2) is 16.6 Å². The van der Waals surface area contributed by atoms with Gasteiger partial charge in [0.25, 0.3) is 5.91 Å². The van der Waals surface area contributed by atoms with Crippen molar-refractivity contribution >= 4 is 37.5 Å². The molecule has 0 saturated carbocycles. The fourth-order valence-electron chi connectivity index (χ4n) is 1.31. The van der Waals surface area contributed by atoms with Crippen LogP contribution in [0.25, 0.3) is 0 Å². The van der Waals surface area contributed by atoms with Crippen molar-refractivity contribution in [3.8, 4) is 0 Å². The van der Waals surface area contributed by atoms with E-state index in [0.717, 1.165) is 10.4 Å². The van der Waals surface area contributed by atoms with Crippen LogP contribution in [-0.2, 0) is 10.0 Å². The second-order valence-electron chi connectivity index (χ2n) is 4.21. The molecule has 0 atom stereocenters. The highest BCUT2D eigenvalue weighted by Crippen LogP contribution is 2.22. The molecule has 0 aliphatic rings. The summed E-state index contributed by atoms with van der Waals surface area (Å²) in [6.45, 7) is -0.0525. The van der Waals surface area contributed by atoms with Gasteiger partial charge >= 0.3 is 0 Å². The highest BCUT2D eigenvalue weighted by atomic mass is 79.9. The maximum atomic E-state index is 13.1. The lowest BCUT2D eigenvalue weighted by molar-refractivity contribution is 0.0955. The van der Waals surface area contributed by atoms with Gasteiger partial charge in [-0.3, -0.25) is 4.79 Å². The van der Waals surface area contributed by atoms with E-state index < -0.39 is 21.7 Å². The van der Waals surface area contributed by atoms with Gasteiger partial charge in [0.05, 0.1) is 17.0 Å². The number of benzene rings is 1. The number of nitrogens with zero attached hydrogens (tertiary/aromatic N) is 1. The van der Waals surface area contributed by atoms with Gasteiger partial charge in [0.1, 0.15) is 5.82 Å². The third-order valence-corrected chi connectivity index (χ3v) is 5.02. The van der Waals surface area contributed by atoms with Crippen molar-refractivity contribution in [1.29, 1.82) is 0 Å². The molecule has 0 fully saturated rings. The van der Waals surface area contributed by atoms with Crippen LogP contribution >= 0.6 is 15.9 Å². The molecule has 0 saturated heterocycles. The van der Waals surface area contributed by atoms with E-state index in [2.05, 4.69) is 21.2 Å². The second-order valence-corrected chi connectivity index (χ2v) is 7.36. The zero-order chi connectivity index (χ0) is 15.5. The van der Waals surface area contributed by atoms with E-state index in [-0.39, 0.29) is 28.0 Å². The van der Waals surface area contributed by atoms with Gasteiger partial charge in [-0.25, -0.2) is 17.1 Å². The predicted octanol–water partition coefficient (Wildman–Crippen LogP) is 0.792. The second kappa shape index (κ2) is 6.51. The summed E-state index contributed by atoms with van der Waals surface area (Å²) < 4.78 is 37.5. The van der Waals surface area contributed by atoms with Crippen LogP contribution in [0.3, 0.4) is 0 Å². The average molecular weight is 368 g/mol. The number of hydrogen-bond acceptors (Lipinski definition) is 4. The Labute approximate surface area is 125 Å². The first-order valence-corrected chi connectivity index (χ1v) is 7.98. The molecular weight excluding hydrogens is 353 g/mol. The Kier molecular flexibility index (Phi) is 5.49. The summed E-state index contributed by atoms with van der Waals surface area (Å²) in [5.41, 5.74) is 5.38. The highest BCUT2D eigenvalue weighted by molar-refractivity contribution is 9.10. The molecule has 0 spiro atoms. The summed E-state index contributed by atoms with van der Waals surface area (Å²) in [6.07, 6.45) is 0. The van der Waals surface area contributed by atoms with E-state index >= 15 is 0 Å². The fourth-order valence-corrected chi connectivity index (χ4v) is 2.53. The van der Waals surface area contributed by atoms with Gasteiger partial charge in [0.2, 0.25) is 10.0 Å². The van der Waals surface area contributed by atoms with Crippen LogP contribution in [0, 0.1) is 5.82 Å². The maximum absolute atomic E-state index is 13.1. The molecule has 0 aliphatic carbocycles. The molecule has 1 aromatic carbocycles. The monoisotopic (exact) mass is 367 g/mol. The number of anilines is 1. The molecule has 0 aromatic heterocycles. The molecule has 0 unspecified atom stereocenters. The number of hydrogen-bond donors (Lipinski definition) is 2. The highest BCUT2D eigenvalue weighted by Gasteiger charge is 2.16. The Morgan fingerprint density at radius 2 is 2.05 bits per heavy atom. The lowest BCUT2D eigenvalue weighted by Gasteiger charge is -2.12. The van der Waals surface area contributed by atoms with E-state index in [1.165, 1.54) is 20.2 Å². The van der Waals surface area contributed by atoms with E-state index in [4.69, 9.17) is 5.73 Å². The van der Waals surface area contributed by atoms with Crippen molar-refractivity contribution in [3.05, 3.63) is 28.0 Å². The largest absolute Gasteiger partial charge is 0.396 e. The summed E-state index contributed by atoms with van der Waals surface area (Å²) in [4.78, 5) is 11.9. The Morgan fingerprint density at radius 3 is 2.60 bits per heavy atom. The van der Waals surface area contributed by atoms with Gasteiger partial charge in [-0.15, -0.1) is 0 Å². The molecule has 0 aliphatic heterocycles. The smallest absolute Gasteiger partial charge is 0.252 e. The van der Waals surface area contributed by atoms with Gasteiger partial charge in [-0.1, -0.05) is 0 Å². The van der Waals surface area contributed by atoms with E-state index in [0.29, 0.717) is 0 Å². The first-order valence-electron chi connectivity index (χ1n) is 5.58. The van der Waals surface area contributed by atoms with Crippen LogP contribution < -0.4 is 11.1 Å². The SMILES string of the molecule is CN(C)S(=O)(=O)CCNC(=O)c1cc(N)c(F)cc1Br.